The minimum absolute atomic E-state index is 0.0116. The number of rotatable bonds is 6. The monoisotopic (exact) mass is 458 g/mol. The summed E-state index contributed by atoms with van der Waals surface area (Å²) in [6.45, 7) is 6.91. The average Bonchev–Trinajstić information content (AvgIpc) is 3.25. The summed E-state index contributed by atoms with van der Waals surface area (Å²) in [6.07, 6.45) is 5.50. The molecule has 1 amide bonds. The predicted molar refractivity (Wildman–Crippen MR) is 128 cm³/mol. The third-order valence-corrected chi connectivity index (χ3v) is 5.68. The molecule has 1 unspecified atom stereocenters. The van der Waals surface area contributed by atoms with Crippen LogP contribution in [0.25, 0.3) is 16.7 Å². The maximum absolute atomic E-state index is 12.8. The fraction of sp³-hybridized carbons (Fsp3) is 0.320. The van der Waals surface area contributed by atoms with Gasteiger partial charge in [0.1, 0.15) is 11.3 Å². The zero-order valence-corrected chi connectivity index (χ0v) is 19.3. The van der Waals surface area contributed by atoms with Crippen LogP contribution < -0.4 is 5.32 Å². The van der Waals surface area contributed by atoms with Gasteiger partial charge in [0, 0.05) is 29.9 Å². The van der Waals surface area contributed by atoms with E-state index in [0.29, 0.717) is 42.3 Å². The van der Waals surface area contributed by atoms with Crippen molar-refractivity contribution in [3.63, 3.8) is 0 Å². The van der Waals surface area contributed by atoms with Gasteiger partial charge in [-0.25, -0.2) is 9.97 Å². The van der Waals surface area contributed by atoms with Crippen molar-refractivity contribution in [2.24, 2.45) is 5.41 Å². The molecule has 1 aliphatic heterocycles. The van der Waals surface area contributed by atoms with Gasteiger partial charge in [0.2, 0.25) is 6.41 Å². The number of anilines is 2. The zero-order chi connectivity index (χ0) is 24.3. The van der Waals surface area contributed by atoms with E-state index in [4.69, 9.17) is 4.74 Å². The second kappa shape index (κ2) is 9.45. The average molecular weight is 459 g/mol. The number of Topliss-reactive ketones (excluding diaryl/α,β-unsaturated/α-hetero) is 1. The lowest BCUT2D eigenvalue weighted by Gasteiger charge is -2.34. The highest BCUT2D eigenvalue weighted by Crippen LogP contribution is 2.28. The van der Waals surface area contributed by atoms with Crippen molar-refractivity contribution in [1.82, 2.24) is 19.9 Å². The van der Waals surface area contributed by atoms with Crippen LogP contribution in [0, 0.1) is 16.7 Å². The predicted octanol–water partition coefficient (Wildman–Crippen LogP) is 3.69. The van der Waals surface area contributed by atoms with E-state index < -0.39 is 5.41 Å². The first kappa shape index (κ1) is 23.1. The fourth-order valence-corrected chi connectivity index (χ4v) is 3.88. The summed E-state index contributed by atoms with van der Waals surface area (Å²) in [5.41, 5.74) is 3.35. The summed E-state index contributed by atoms with van der Waals surface area (Å²) < 4.78 is 5.54. The molecule has 0 saturated carbocycles. The number of nitrogens with zero attached hydrogens (tertiary/aromatic N) is 4. The first-order valence-electron chi connectivity index (χ1n) is 11.0. The highest BCUT2D eigenvalue weighted by molar-refractivity contribution is 6.08. The van der Waals surface area contributed by atoms with Crippen molar-refractivity contribution < 1.29 is 14.3 Å². The fourth-order valence-electron chi connectivity index (χ4n) is 3.88. The Morgan fingerprint density at radius 1 is 1.32 bits per heavy atom. The molecular formula is C25H26N6O3. The quantitative estimate of drug-likeness (QED) is 0.328. The summed E-state index contributed by atoms with van der Waals surface area (Å²) in [5, 5.41) is 12.5. The Bertz CT molecular complexity index is 1280. The highest BCUT2D eigenvalue weighted by atomic mass is 16.5. The summed E-state index contributed by atoms with van der Waals surface area (Å²) in [4.78, 5) is 37.9. The molecule has 1 saturated heterocycles. The summed E-state index contributed by atoms with van der Waals surface area (Å²) >= 11 is 0. The van der Waals surface area contributed by atoms with Crippen LogP contribution in [0.2, 0.25) is 0 Å². The van der Waals surface area contributed by atoms with Gasteiger partial charge < -0.3 is 19.9 Å². The van der Waals surface area contributed by atoms with Gasteiger partial charge >= 0.3 is 0 Å². The van der Waals surface area contributed by atoms with Crippen LogP contribution in [0.1, 0.15) is 36.7 Å². The number of aromatic nitrogens is 3. The van der Waals surface area contributed by atoms with Crippen LogP contribution in [0.4, 0.5) is 11.5 Å². The molecule has 4 rings (SSSR count). The van der Waals surface area contributed by atoms with E-state index in [2.05, 4.69) is 26.3 Å². The van der Waals surface area contributed by atoms with Crippen LogP contribution in [-0.4, -0.2) is 57.8 Å². The SMILES string of the molecule is CC(C)(C)C(=O)c1c[nH]c2ncc(Nc3ccc(C(=CC#N)C4COCCN4C=O)cc3)nc12. The van der Waals surface area contributed by atoms with Crippen LogP contribution in [0.5, 0.6) is 0 Å². The minimum Gasteiger partial charge on any atom is -0.377 e. The Morgan fingerprint density at radius 2 is 2.09 bits per heavy atom. The van der Waals surface area contributed by atoms with Crippen LogP contribution >= 0.6 is 0 Å². The number of nitriles is 1. The topological polar surface area (TPSA) is 124 Å². The molecule has 9 heteroatoms. The number of hydrogen-bond donors (Lipinski definition) is 2. The lowest BCUT2D eigenvalue weighted by atomic mass is 9.87. The van der Waals surface area contributed by atoms with Crippen LogP contribution in [-0.2, 0) is 9.53 Å². The minimum atomic E-state index is -0.534. The lowest BCUT2D eigenvalue weighted by Crippen LogP contribution is -2.45. The molecule has 0 radical (unpaired) electrons. The van der Waals surface area contributed by atoms with Crippen molar-refractivity contribution in [2.45, 2.75) is 26.8 Å². The Hall–Kier alpha value is -4.03. The molecule has 0 spiro atoms. The van der Waals surface area contributed by atoms with Crippen molar-refractivity contribution in [3.05, 3.63) is 53.9 Å². The Labute approximate surface area is 197 Å². The Balaban J connectivity index is 1.58. The van der Waals surface area contributed by atoms with Gasteiger partial charge in [-0.1, -0.05) is 32.9 Å². The van der Waals surface area contributed by atoms with Gasteiger partial charge in [-0.2, -0.15) is 5.26 Å². The number of ether oxygens (including phenoxy) is 1. The third-order valence-electron chi connectivity index (χ3n) is 5.68. The van der Waals surface area contributed by atoms with Gasteiger partial charge in [-0.15, -0.1) is 0 Å². The molecule has 0 aliphatic carbocycles. The second-order valence-corrected chi connectivity index (χ2v) is 9.10. The van der Waals surface area contributed by atoms with E-state index in [-0.39, 0.29) is 11.8 Å². The van der Waals surface area contributed by atoms with Gasteiger partial charge in [-0.05, 0) is 23.3 Å². The molecule has 9 nitrogen and oxygen atoms in total. The molecule has 3 heterocycles. The molecule has 174 valence electrons. The van der Waals surface area contributed by atoms with Crippen molar-refractivity contribution in [2.75, 3.05) is 25.1 Å². The second-order valence-electron chi connectivity index (χ2n) is 9.10. The third kappa shape index (κ3) is 4.67. The van der Waals surface area contributed by atoms with Crippen molar-refractivity contribution >= 4 is 40.4 Å². The number of hydrogen-bond acceptors (Lipinski definition) is 7. The molecule has 3 aromatic rings. The number of carbonyl (C=O) groups is 2. The first-order chi connectivity index (χ1) is 16.3. The van der Waals surface area contributed by atoms with Crippen LogP contribution in [0.15, 0.2) is 42.7 Å². The van der Waals surface area contributed by atoms with Crippen LogP contribution in [0.3, 0.4) is 0 Å². The number of carbonyl (C=O) groups excluding carboxylic acids is 2. The molecule has 1 aliphatic rings. The maximum Gasteiger partial charge on any atom is 0.210 e. The molecule has 0 bridgehead atoms. The van der Waals surface area contributed by atoms with E-state index in [0.717, 1.165) is 23.2 Å². The lowest BCUT2D eigenvalue weighted by molar-refractivity contribution is -0.124. The Morgan fingerprint density at radius 3 is 2.76 bits per heavy atom. The number of benzene rings is 1. The molecule has 2 N–H and O–H groups in total. The van der Waals surface area contributed by atoms with E-state index in [9.17, 15) is 14.9 Å². The van der Waals surface area contributed by atoms with E-state index in [1.165, 1.54) is 6.08 Å². The van der Waals surface area contributed by atoms with Gasteiger partial charge in [0.15, 0.2) is 11.4 Å². The van der Waals surface area contributed by atoms with Gasteiger partial charge in [0.25, 0.3) is 0 Å². The standard InChI is InChI=1S/C25H26N6O3/c1-25(2,3)23(33)19-12-27-24-22(19)30-21(13-28-24)29-17-6-4-16(5-7-17)18(8-9-26)20-14-34-11-10-31(20)15-32/h4-8,12-13,15,20H,10-11,14H2,1-3H3,(H,27,28)(H,29,30). The van der Waals surface area contributed by atoms with Crippen molar-refractivity contribution in [1.29, 1.82) is 5.26 Å². The normalized spacial score (nSPS) is 16.8. The smallest absolute Gasteiger partial charge is 0.210 e. The molecule has 1 fully saturated rings. The molecular weight excluding hydrogens is 432 g/mol. The summed E-state index contributed by atoms with van der Waals surface area (Å²) in [7, 11) is 0. The molecule has 2 aromatic heterocycles. The van der Waals surface area contributed by atoms with E-state index in [1.807, 2.05) is 45.0 Å². The zero-order valence-electron chi connectivity index (χ0n) is 19.3. The highest BCUT2D eigenvalue weighted by Gasteiger charge is 2.27. The number of morpholine rings is 1. The van der Waals surface area contributed by atoms with Crippen molar-refractivity contribution in [3.8, 4) is 6.07 Å². The summed E-state index contributed by atoms with van der Waals surface area (Å²) in [6, 6.07) is 9.23. The number of amides is 1. The molecule has 34 heavy (non-hydrogen) atoms. The number of aromatic amines is 1. The number of H-pyrrole nitrogens is 1. The number of ketones is 1. The van der Waals surface area contributed by atoms with E-state index in [1.54, 1.807) is 17.3 Å². The number of fused-ring (bicyclic) bond motifs is 1. The number of allylic oxidation sites excluding steroid dienone is 1. The van der Waals surface area contributed by atoms with Gasteiger partial charge in [-0.3, -0.25) is 9.59 Å². The number of nitrogens with one attached hydrogen (secondary N) is 2. The maximum atomic E-state index is 12.8. The van der Waals surface area contributed by atoms with E-state index >= 15 is 0 Å². The largest absolute Gasteiger partial charge is 0.377 e. The molecule has 1 atom stereocenters. The first-order valence-corrected chi connectivity index (χ1v) is 11.0. The summed E-state index contributed by atoms with van der Waals surface area (Å²) in [5.74, 6) is 0.492. The van der Waals surface area contributed by atoms with Gasteiger partial charge in [0.05, 0.1) is 37.1 Å². The molecule has 1 aromatic carbocycles. The Kier molecular flexibility index (Phi) is 6.43.